The fourth-order valence-corrected chi connectivity index (χ4v) is 2.59. The summed E-state index contributed by atoms with van der Waals surface area (Å²) in [7, 11) is 0. The third-order valence-corrected chi connectivity index (χ3v) is 3.80. The highest BCUT2D eigenvalue weighted by Gasteiger charge is 2.14. The van der Waals surface area contributed by atoms with Crippen molar-refractivity contribution in [3.63, 3.8) is 0 Å². The number of primary amides is 1. The molecule has 16 heavy (non-hydrogen) atoms. The van der Waals surface area contributed by atoms with Crippen molar-refractivity contribution in [2.45, 2.75) is 24.5 Å². The lowest BCUT2D eigenvalue weighted by atomic mass is 10.2. The first-order valence-electron chi connectivity index (χ1n) is 5.56. The normalized spacial score (nSPS) is 17.0. The Balaban J connectivity index is 2.02. The minimum absolute atomic E-state index is 0.00946. The SMILES string of the molecule is NC(=O)CCNC(=O)CSC1CCNCC1. The summed E-state index contributed by atoms with van der Waals surface area (Å²) in [6, 6.07) is 0. The number of nitrogens with two attached hydrogens (primary N) is 1. The summed E-state index contributed by atoms with van der Waals surface area (Å²) in [6.45, 7) is 2.43. The van der Waals surface area contributed by atoms with Crippen LogP contribution >= 0.6 is 11.8 Å². The van der Waals surface area contributed by atoms with Crippen LogP contribution in [0.3, 0.4) is 0 Å². The van der Waals surface area contributed by atoms with Crippen molar-refractivity contribution >= 4 is 23.6 Å². The number of hydrogen-bond acceptors (Lipinski definition) is 4. The molecule has 2 amide bonds. The van der Waals surface area contributed by atoms with Crippen LogP contribution in [0.25, 0.3) is 0 Å². The molecule has 0 saturated carbocycles. The fourth-order valence-electron chi connectivity index (χ4n) is 1.53. The van der Waals surface area contributed by atoms with Crippen LogP contribution in [0, 0.1) is 0 Å². The molecule has 0 aliphatic carbocycles. The van der Waals surface area contributed by atoms with Gasteiger partial charge in [0.2, 0.25) is 11.8 Å². The van der Waals surface area contributed by atoms with Crippen LogP contribution in [-0.4, -0.2) is 42.5 Å². The molecule has 1 saturated heterocycles. The molecular formula is C10H19N3O2S. The smallest absolute Gasteiger partial charge is 0.230 e. The van der Waals surface area contributed by atoms with Gasteiger partial charge in [-0.2, -0.15) is 0 Å². The Kier molecular flexibility index (Phi) is 6.25. The van der Waals surface area contributed by atoms with Crippen molar-refractivity contribution in [2.75, 3.05) is 25.4 Å². The lowest BCUT2D eigenvalue weighted by Gasteiger charge is -2.21. The maximum absolute atomic E-state index is 11.4. The zero-order valence-corrected chi connectivity index (χ0v) is 10.1. The Morgan fingerprint density at radius 1 is 1.38 bits per heavy atom. The summed E-state index contributed by atoms with van der Waals surface area (Å²) in [5, 5.41) is 6.55. The molecule has 0 unspecified atom stereocenters. The quantitative estimate of drug-likeness (QED) is 0.587. The monoisotopic (exact) mass is 245 g/mol. The van der Waals surface area contributed by atoms with Crippen molar-refractivity contribution in [3.8, 4) is 0 Å². The average molecular weight is 245 g/mol. The molecule has 0 aromatic heterocycles. The van der Waals surface area contributed by atoms with Crippen LogP contribution in [0.15, 0.2) is 0 Å². The Labute approximate surface area is 99.9 Å². The molecule has 0 bridgehead atoms. The van der Waals surface area contributed by atoms with Crippen LogP contribution in [0.5, 0.6) is 0 Å². The van der Waals surface area contributed by atoms with E-state index in [0.717, 1.165) is 25.9 Å². The molecule has 0 aromatic rings. The van der Waals surface area contributed by atoms with Crippen molar-refractivity contribution in [1.82, 2.24) is 10.6 Å². The van der Waals surface area contributed by atoms with Crippen molar-refractivity contribution in [3.05, 3.63) is 0 Å². The van der Waals surface area contributed by atoms with Crippen LogP contribution < -0.4 is 16.4 Å². The second-order valence-electron chi connectivity index (χ2n) is 3.83. The highest BCUT2D eigenvalue weighted by atomic mass is 32.2. The lowest BCUT2D eigenvalue weighted by Crippen LogP contribution is -2.32. The van der Waals surface area contributed by atoms with Crippen molar-refractivity contribution < 1.29 is 9.59 Å². The van der Waals surface area contributed by atoms with Crippen molar-refractivity contribution in [1.29, 1.82) is 0 Å². The topological polar surface area (TPSA) is 84.2 Å². The molecule has 4 N–H and O–H groups in total. The molecular weight excluding hydrogens is 226 g/mol. The van der Waals surface area contributed by atoms with E-state index in [4.69, 9.17) is 5.73 Å². The van der Waals surface area contributed by atoms with Gasteiger partial charge in [0.15, 0.2) is 0 Å². The molecule has 5 nitrogen and oxygen atoms in total. The van der Waals surface area contributed by atoms with Crippen LogP contribution in [0.1, 0.15) is 19.3 Å². The molecule has 0 spiro atoms. The Hall–Kier alpha value is -0.750. The first-order valence-corrected chi connectivity index (χ1v) is 6.60. The number of rotatable bonds is 6. The summed E-state index contributed by atoms with van der Waals surface area (Å²) in [6.07, 6.45) is 2.46. The summed E-state index contributed by atoms with van der Waals surface area (Å²) < 4.78 is 0. The Bertz CT molecular complexity index is 242. The summed E-state index contributed by atoms with van der Waals surface area (Å²) in [5.41, 5.74) is 4.97. The molecule has 1 heterocycles. The largest absolute Gasteiger partial charge is 0.370 e. The maximum atomic E-state index is 11.4. The second-order valence-corrected chi connectivity index (χ2v) is 5.12. The van der Waals surface area contributed by atoms with Gasteiger partial charge in [-0.3, -0.25) is 9.59 Å². The molecule has 0 radical (unpaired) electrons. The Morgan fingerprint density at radius 2 is 2.06 bits per heavy atom. The molecule has 1 aliphatic rings. The standard InChI is InChI=1S/C10H19N3O2S/c11-9(14)3-6-13-10(15)7-16-8-1-4-12-5-2-8/h8,12H,1-7H2,(H2,11,14)(H,13,15). The van der Waals surface area contributed by atoms with Gasteiger partial charge < -0.3 is 16.4 Å². The molecule has 0 aromatic carbocycles. The summed E-state index contributed by atoms with van der Waals surface area (Å²) in [4.78, 5) is 21.8. The molecule has 0 atom stereocenters. The fraction of sp³-hybridized carbons (Fsp3) is 0.800. The van der Waals surface area contributed by atoms with E-state index < -0.39 is 0 Å². The van der Waals surface area contributed by atoms with Gasteiger partial charge in [-0.15, -0.1) is 11.8 Å². The van der Waals surface area contributed by atoms with Crippen LogP contribution in [0.2, 0.25) is 0 Å². The predicted octanol–water partition coefficient (Wildman–Crippen LogP) is -0.537. The maximum Gasteiger partial charge on any atom is 0.230 e. The number of piperidine rings is 1. The van der Waals surface area contributed by atoms with E-state index in [0.29, 0.717) is 17.5 Å². The number of hydrogen-bond donors (Lipinski definition) is 3. The van der Waals surface area contributed by atoms with E-state index in [2.05, 4.69) is 10.6 Å². The van der Waals surface area contributed by atoms with Crippen LogP contribution in [0.4, 0.5) is 0 Å². The number of carbonyl (C=O) groups is 2. The minimum Gasteiger partial charge on any atom is -0.370 e. The first-order chi connectivity index (χ1) is 7.68. The van der Waals surface area contributed by atoms with Crippen LogP contribution in [-0.2, 0) is 9.59 Å². The lowest BCUT2D eigenvalue weighted by molar-refractivity contribution is -0.119. The van der Waals surface area contributed by atoms with E-state index in [1.54, 1.807) is 11.8 Å². The zero-order chi connectivity index (χ0) is 11.8. The first kappa shape index (κ1) is 13.3. The number of thioether (sulfide) groups is 1. The molecule has 1 fully saturated rings. The van der Waals surface area contributed by atoms with Gasteiger partial charge in [-0.1, -0.05) is 0 Å². The van der Waals surface area contributed by atoms with Gasteiger partial charge in [0.1, 0.15) is 0 Å². The number of nitrogens with one attached hydrogen (secondary N) is 2. The van der Waals surface area contributed by atoms with Crippen molar-refractivity contribution in [2.24, 2.45) is 5.73 Å². The molecule has 1 rings (SSSR count). The third-order valence-electron chi connectivity index (χ3n) is 2.43. The average Bonchev–Trinajstić information content (AvgIpc) is 2.27. The van der Waals surface area contributed by atoms with E-state index in [-0.39, 0.29) is 18.2 Å². The summed E-state index contributed by atoms with van der Waals surface area (Å²) in [5.74, 6) is 0.0831. The summed E-state index contributed by atoms with van der Waals surface area (Å²) >= 11 is 1.70. The number of carbonyl (C=O) groups excluding carboxylic acids is 2. The second kappa shape index (κ2) is 7.51. The highest BCUT2D eigenvalue weighted by molar-refractivity contribution is 8.00. The predicted molar refractivity (Wildman–Crippen MR) is 65.2 cm³/mol. The van der Waals surface area contributed by atoms with Gasteiger partial charge in [-0.25, -0.2) is 0 Å². The zero-order valence-electron chi connectivity index (χ0n) is 9.33. The third kappa shape index (κ3) is 5.97. The molecule has 92 valence electrons. The van der Waals surface area contributed by atoms with Gasteiger partial charge in [0.25, 0.3) is 0 Å². The van der Waals surface area contributed by atoms with E-state index in [1.807, 2.05) is 0 Å². The van der Waals surface area contributed by atoms with Gasteiger partial charge in [-0.05, 0) is 25.9 Å². The van der Waals surface area contributed by atoms with Gasteiger partial charge in [0.05, 0.1) is 5.75 Å². The van der Waals surface area contributed by atoms with E-state index in [1.165, 1.54) is 0 Å². The molecule has 1 aliphatic heterocycles. The molecule has 6 heteroatoms. The van der Waals surface area contributed by atoms with Gasteiger partial charge in [0, 0.05) is 18.2 Å². The number of amides is 2. The van der Waals surface area contributed by atoms with Gasteiger partial charge >= 0.3 is 0 Å². The van der Waals surface area contributed by atoms with E-state index in [9.17, 15) is 9.59 Å². The highest BCUT2D eigenvalue weighted by Crippen LogP contribution is 2.19. The van der Waals surface area contributed by atoms with E-state index >= 15 is 0 Å². The minimum atomic E-state index is -0.383. The Morgan fingerprint density at radius 3 is 2.69 bits per heavy atom.